The predicted octanol–water partition coefficient (Wildman–Crippen LogP) is 2.79. The van der Waals surface area contributed by atoms with Gasteiger partial charge in [0.25, 0.3) is 5.69 Å². The summed E-state index contributed by atoms with van der Waals surface area (Å²) in [6, 6.07) is 5.66. The maximum Gasteiger partial charge on any atom is 0.425 e. The van der Waals surface area contributed by atoms with E-state index in [0.717, 1.165) is 48.8 Å². The van der Waals surface area contributed by atoms with Gasteiger partial charge in [-0.15, -0.1) is 0 Å². The van der Waals surface area contributed by atoms with Crippen LogP contribution >= 0.6 is 0 Å². The van der Waals surface area contributed by atoms with Gasteiger partial charge in [-0.25, -0.2) is 0 Å². The highest BCUT2D eigenvalue weighted by Crippen LogP contribution is 2.44. The molecule has 1 unspecified atom stereocenters. The Balaban J connectivity index is 2.59. The summed E-state index contributed by atoms with van der Waals surface area (Å²) in [6.07, 6.45) is -2.75. The number of non-ortho nitro benzene ring substituents is 1. The average Bonchev–Trinajstić information content (AvgIpc) is 2.46. The van der Waals surface area contributed by atoms with Crippen molar-refractivity contribution >= 4 is 5.69 Å². The summed E-state index contributed by atoms with van der Waals surface area (Å²) in [5.74, 6) is 0. The van der Waals surface area contributed by atoms with E-state index >= 15 is 0 Å². The van der Waals surface area contributed by atoms with Gasteiger partial charge in [0, 0.05) is 30.1 Å². The van der Waals surface area contributed by atoms with Crippen LogP contribution in [0.2, 0.25) is 0 Å². The second-order valence-electron chi connectivity index (χ2n) is 4.25. The number of hydrogen-bond donors (Lipinski definition) is 1. The third kappa shape index (κ3) is 2.57. The molecule has 1 N–H and O–H groups in total. The average molecular weight is 298 g/mol. The molecule has 2 aromatic rings. The molecule has 0 amide bonds. The monoisotopic (exact) mass is 298 g/mol. The van der Waals surface area contributed by atoms with Crippen LogP contribution in [0.1, 0.15) is 11.1 Å². The van der Waals surface area contributed by atoms with E-state index in [-0.39, 0.29) is 5.69 Å². The highest BCUT2D eigenvalue weighted by molar-refractivity contribution is 5.41. The third-order valence-electron chi connectivity index (χ3n) is 3.00. The quantitative estimate of drug-likeness (QED) is 0.698. The van der Waals surface area contributed by atoms with Crippen molar-refractivity contribution in [1.82, 2.24) is 4.98 Å². The standard InChI is InChI=1S/C13H9F3N2O3/c14-13(15,16)12(19,10-5-7-17-8-6-10)9-1-3-11(4-2-9)18(20)21/h1-8,19H. The number of rotatable bonds is 3. The van der Waals surface area contributed by atoms with E-state index in [2.05, 4.69) is 4.98 Å². The van der Waals surface area contributed by atoms with E-state index in [1.54, 1.807) is 0 Å². The van der Waals surface area contributed by atoms with Crippen LogP contribution in [0.3, 0.4) is 0 Å². The number of aromatic nitrogens is 1. The van der Waals surface area contributed by atoms with Crippen molar-refractivity contribution in [2.24, 2.45) is 0 Å². The van der Waals surface area contributed by atoms with E-state index in [0.29, 0.717) is 0 Å². The van der Waals surface area contributed by atoms with Crippen molar-refractivity contribution in [2.45, 2.75) is 11.8 Å². The van der Waals surface area contributed by atoms with Crippen molar-refractivity contribution in [1.29, 1.82) is 0 Å². The molecule has 0 saturated heterocycles. The molecule has 21 heavy (non-hydrogen) atoms. The van der Waals surface area contributed by atoms with Crippen LogP contribution in [0.25, 0.3) is 0 Å². The molecule has 8 heteroatoms. The fourth-order valence-corrected chi connectivity index (χ4v) is 1.91. The Hall–Kier alpha value is -2.48. The molecule has 1 aromatic carbocycles. The summed E-state index contributed by atoms with van der Waals surface area (Å²) >= 11 is 0. The third-order valence-corrected chi connectivity index (χ3v) is 3.00. The summed E-state index contributed by atoms with van der Waals surface area (Å²) in [4.78, 5) is 13.4. The number of halogens is 3. The molecule has 0 aliphatic carbocycles. The first-order valence-electron chi connectivity index (χ1n) is 5.71. The van der Waals surface area contributed by atoms with Gasteiger partial charge in [-0.1, -0.05) is 0 Å². The van der Waals surface area contributed by atoms with E-state index in [1.807, 2.05) is 0 Å². The lowest BCUT2D eigenvalue weighted by Crippen LogP contribution is -2.43. The van der Waals surface area contributed by atoms with Gasteiger partial charge in [0.05, 0.1) is 4.92 Å². The zero-order valence-corrected chi connectivity index (χ0v) is 10.4. The lowest BCUT2D eigenvalue weighted by atomic mass is 9.86. The van der Waals surface area contributed by atoms with Gasteiger partial charge in [0.1, 0.15) is 0 Å². The van der Waals surface area contributed by atoms with Crippen LogP contribution in [-0.2, 0) is 5.60 Å². The number of alkyl halides is 3. The van der Waals surface area contributed by atoms with Gasteiger partial charge in [0.2, 0.25) is 5.60 Å². The highest BCUT2D eigenvalue weighted by atomic mass is 19.4. The molecule has 110 valence electrons. The molecule has 1 aromatic heterocycles. The number of aliphatic hydroxyl groups is 1. The normalized spacial score (nSPS) is 14.5. The molecule has 1 atom stereocenters. The second kappa shape index (κ2) is 5.13. The van der Waals surface area contributed by atoms with Crippen molar-refractivity contribution in [2.75, 3.05) is 0 Å². The molecule has 1 heterocycles. The van der Waals surface area contributed by atoms with E-state index in [9.17, 15) is 28.4 Å². The van der Waals surface area contributed by atoms with Gasteiger partial charge in [-0.2, -0.15) is 13.2 Å². The van der Waals surface area contributed by atoms with Gasteiger partial charge in [-0.3, -0.25) is 15.1 Å². The molecular formula is C13H9F3N2O3. The van der Waals surface area contributed by atoms with Crippen molar-refractivity contribution in [3.63, 3.8) is 0 Å². The molecule has 2 rings (SSSR count). The summed E-state index contributed by atoms with van der Waals surface area (Å²) in [5, 5.41) is 20.7. The van der Waals surface area contributed by atoms with Crippen molar-refractivity contribution in [3.8, 4) is 0 Å². The summed E-state index contributed by atoms with van der Waals surface area (Å²) < 4.78 is 40.0. The van der Waals surface area contributed by atoms with Gasteiger partial charge >= 0.3 is 6.18 Å². The maximum absolute atomic E-state index is 13.3. The zero-order chi connectivity index (χ0) is 15.7. The Labute approximate surface area is 116 Å². The van der Waals surface area contributed by atoms with Crippen molar-refractivity contribution < 1.29 is 23.2 Å². The largest absolute Gasteiger partial charge is 0.425 e. The Morgan fingerprint density at radius 2 is 1.48 bits per heavy atom. The lowest BCUT2D eigenvalue weighted by molar-refractivity contribution is -0.384. The molecule has 0 aliphatic rings. The minimum absolute atomic E-state index is 0.363. The summed E-state index contributed by atoms with van der Waals surface area (Å²) in [5.41, 5.74) is -4.55. The minimum atomic E-state index is -5.00. The first-order chi connectivity index (χ1) is 9.76. The van der Waals surface area contributed by atoms with E-state index in [4.69, 9.17) is 0 Å². The molecule has 0 fully saturated rings. The fraction of sp³-hybridized carbons (Fsp3) is 0.154. The number of pyridine rings is 1. The maximum atomic E-state index is 13.3. The van der Waals surface area contributed by atoms with Crippen LogP contribution in [-0.4, -0.2) is 21.2 Å². The molecule has 5 nitrogen and oxygen atoms in total. The van der Waals surface area contributed by atoms with Crippen LogP contribution in [0.4, 0.5) is 18.9 Å². The lowest BCUT2D eigenvalue weighted by Gasteiger charge is -2.31. The zero-order valence-electron chi connectivity index (χ0n) is 10.4. The van der Waals surface area contributed by atoms with Gasteiger partial charge < -0.3 is 5.11 Å². The summed E-state index contributed by atoms with van der Waals surface area (Å²) in [7, 11) is 0. The highest BCUT2D eigenvalue weighted by Gasteiger charge is 2.56. The Morgan fingerprint density at radius 3 is 1.90 bits per heavy atom. The number of benzene rings is 1. The minimum Gasteiger partial charge on any atom is -0.372 e. The van der Waals surface area contributed by atoms with Crippen LogP contribution in [0.5, 0.6) is 0 Å². The predicted molar refractivity (Wildman–Crippen MR) is 66.4 cm³/mol. The van der Waals surface area contributed by atoms with Crippen molar-refractivity contribution in [3.05, 3.63) is 70.0 Å². The molecule has 0 radical (unpaired) electrons. The molecule has 0 saturated carbocycles. The number of nitrogens with zero attached hydrogens (tertiary/aromatic N) is 2. The molecule has 0 spiro atoms. The van der Waals surface area contributed by atoms with Crippen LogP contribution < -0.4 is 0 Å². The number of nitro benzene ring substituents is 1. The SMILES string of the molecule is O=[N+]([O-])c1ccc(C(O)(c2ccncc2)C(F)(F)F)cc1. The number of nitro groups is 1. The smallest absolute Gasteiger partial charge is 0.372 e. The first-order valence-corrected chi connectivity index (χ1v) is 5.71. The number of hydrogen-bond acceptors (Lipinski definition) is 4. The van der Waals surface area contributed by atoms with Gasteiger partial charge in [0.15, 0.2) is 0 Å². The Kier molecular flexibility index (Phi) is 3.65. The Bertz CT molecular complexity index is 644. The summed E-state index contributed by atoms with van der Waals surface area (Å²) in [6.45, 7) is 0. The van der Waals surface area contributed by atoms with Crippen LogP contribution in [0, 0.1) is 10.1 Å². The van der Waals surface area contributed by atoms with E-state index in [1.165, 1.54) is 0 Å². The molecule has 0 bridgehead atoms. The van der Waals surface area contributed by atoms with E-state index < -0.39 is 27.8 Å². The molecule has 0 aliphatic heterocycles. The van der Waals surface area contributed by atoms with Gasteiger partial charge in [-0.05, 0) is 29.8 Å². The fourth-order valence-electron chi connectivity index (χ4n) is 1.91. The Morgan fingerprint density at radius 1 is 1.00 bits per heavy atom. The topological polar surface area (TPSA) is 76.3 Å². The first kappa shape index (κ1) is 14.9. The molecular weight excluding hydrogens is 289 g/mol. The van der Waals surface area contributed by atoms with Crippen LogP contribution in [0.15, 0.2) is 48.8 Å². The second-order valence-corrected chi connectivity index (χ2v) is 4.25.